The topological polar surface area (TPSA) is 66.7 Å². The summed E-state index contributed by atoms with van der Waals surface area (Å²) in [5.74, 6) is 0.338. The first-order valence-electron chi connectivity index (χ1n) is 5.06. The quantitative estimate of drug-likeness (QED) is 0.767. The standard InChI is InChI=1S/C11H12F2N4/c1-6-16-10(14)11(17-6)15-5-7-2-3-8(12)4-9(7)13/h2-4,15H,5,14H2,1H3,(H,16,17). The maximum absolute atomic E-state index is 13.3. The molecule has 0 spiro atoms. The third kappa shape index (κ3) is 2.52. The summed E-state index contributed by atoms with van der Waals surface area (Å²) in [5, 5.41) is 2.88. The van der Waals surface area contributed by atoms with Gasteiger partial charge in [0.05, 0.1) is 0 Å². The number of benzene rings is 1. The highest BCUT2D eigenvalue weighted by Gasteiger charge is 2.07. The van der Waals surface area contributed by atoms with Crippen LogP contribution in [-0.2, 0) is 6.54 Å². The molecule has 0 aliphatic carbocycles. The average Bonchev–Trinajstić information content (AvgIpc) is 2.56. The second kappa shape index (κ2) is 4.40. The lowest BCUT2D eigenvalue weighted by atomic mass is 10.2. The van der Waals surface area contributed by atoms with E-state index in [4.69, 9.17) is 5.73 Å². The number of aryl methyl sites for hydroxylation is 1. The summed E-state index contributed by atoms with van der Waals surface area (Å²) >= 11 is 0. The molecule has 0 aliphatic rings. The Morgan fingerprint density at radius 2 is 2.18 bits per heavy atom. The summed E-state index contributed by atoms with van der Waals surface area (Å²) in [6.45, 7) is 1.96. The van der Waals surface area contributed by atoms with Gasteiger partial charge in [0, 0.05) is 18.2 Å². The first kappa shape index (κ1) is 11.4. The summed E-state index contributed by atoms with van der Waals surface area (Å²) in [6, 6.07) is 3.43. The van der Waals surface area contributed by atoms with Gasteiger partial charge in [-0.3, -0.25) is 0 Å². The molecule has 4 N–H and O–H groups in total. The minimum Gasteiger partial charge on any atom is -0.382 e. The number of aromatic nitrogens is 2. The molecule has 0 bridgehead atoms. The van der Waals surface area contributed by atoms with Crippen molar-refractivity contribution in [3.8, 4) is 0 Å². The van der Waals surface area contributed by atoms with Crippen LogP contribution in [0.2, 0.25) is 0 Å². The minimum atomic E-state index is -0.596. The van der Waals surface area contributed by atoms with Crippen LogP contribution in [-0.4, -0.2) is 9.97 Å². The van der Waals surface area contributed by atoms with Crippen molar-refractivity contribution in [3.05, 3.63) is 41.2 Å². The molecule has 2 aromatic rings. The summed E-state index contributed by atoms with van der Waals surface area (Å²) < 4.78 is 26.0. The lowest BCUT2D eigenvalue weighted by Crippen LogP contribution is -2.04. The van der Waals surface area contributed by atoms with Gasteiger partial charge in [0.1, 0.15) is 23.3 Å². The van der Waals surface area contributed by atoms with Crippen LogP contribution in [0.3, 0.4) is 0 Å². The third-order valence-corrected chi connectivity index (χ3v) is 2.31. The number of imidazole rings is 1. The fourth-order valence-electron chi connectivity index (χ4n) is 1.49. The molecule has 0 aliphatic heterocycles. The van der Waals surface area contributed by atoms with Gasteiger partial charge in [-0.15, -0.1) is 0 Å². The van der Waals surface area contributed by atoms with Gasteiger partial charge < -0.3 is 16.0 Å². The molecule has 0 fully saturated rings. The van der Waals surface area contributed by atoms with Gasteiger partial charge in [0.25, 0.3) is 0 Å². The van der Waals surface area contributed by atoms with Crippen molar-refractivity contribution < 1.29 is 8.78 Å². The highest BCUT2D eigenvalue weighted by molar-refractivity contribution is 5.57. The number of nitrogens with one attached hydrogen (secondary N) is 2. The number of hydrogen-bond donors (Lipinski definition) is 3. The Morgan fingerprint density at radius 3 is 2.76 bits per heavy atom. The molecule has 0 unspecified atom stereocenters. The van der Waals surface area contributed by atoms with E-state index < -0.39 is 11.6 Å². The van der Waals surface area contributed by atoms with E-state index in [1.54, 1.807) is 6.92 Å². The number of aromatic amines is 1. The number of nitrogens with two attached hydrogens (primary N) is 1. The number of nitrogens with zero attached hydrogens (tertiary/aromatic N) is 1. The van der Waals surface area contributed by atoms with E-state index in [-0.39, 0.29) is 6.54 Å². The second-order valence-corrected chi connectivity index (χ2v) is 3.67. The van der Waals surface area contributed by atoms with E-state index >= 15 is 0 Å². The van der Waals surface area contributed by atoms with Crippen LogP contribution in [0.1, 0.15) is 11.4 Å². The SMILES string of the molecule is Cc1nc(NCc2ccc(F)cc2F)c(N)[nH]1. The first-order chi connectivity index (χ1) is 8.06. The molecule has 0 amide bonds. The van der Waals surface area contributed by atoms with Crippen molar-refractivity contribution in [1.29, 1.82) is 0 Å². The Bertz CT molecular complexity index is 536. The fraction of sp³-hybridized carbons (Fsp3) is 0.182. The molecule has 1 aromatic heterocycles. The van der Waals surface area contributed by atoms with E-state index in [1.165, 1.54) is 12.1 Å². The number of anilines is 2. The summed E-state index contributed by atoms with van der Waals surface area (Å²) in [7, 11) is 0. The van der Waals surface area contributed by atoms with Gasteiger partial charge in [-0.25, -0.2) is 13.8 Å². The predicted octanol–water partition coefficient (Wildman–Crippen LogP) is 2.19. The van der Waals surface area contributed by atoms with Crippen molar-refractivity contribution >= 4 is 11.6 Å². The minimum absolute atomic E-state index is 0.195. The van der Waals surface area contributed by atoms with Crippen molar-refractivity contribution in [3.63, 3.8) is 0 Å². The van der Waals surface area contributed by atoms with Gasteiger partial charge in [-0.05, 0) is 13.0 Å². The number of halogens is 2. The molecule has 4 nitrogen and oxygen atoms in total. The molecule has 17 heavy (non-hydrogen) atoms. The van der Waals surface area contributed by atoms with Crippen LogP contribution in [0.15, 0.2) is 18.2 Å². The Labute approximate surface area is 96.9 Å². The molecule has 0 atom stereocenters. The van der Waals surface area contributed by atoms with Crippen molar-refractivity contribution in [2.45, 2.75) is 13.5 Å². The van der Waals surface area contributed by atoms with Crippen LogP contribution in [0.4, 0.5) is 20.4 Å². The van der Waals surface area contributed by atoms with E-state index in [0.717, 1.165) is 6.07 Å². The summed E-state index contributed by atoms with van der Waals surface area (Å²) in [4.78, 5) is 6.90. The zero-order valence-electron chi connectivity index (χ0n) is 9.22. The zero-order chi connectivity index (χ0) is 12.4. The predicted molar refractivity (Wildman–Crippen MR) is 61.4 cm³/mol. The Balaban J connectivity index is 2.10. The Hall–Kier alpha value is -2.11. The van der Waals surface area contributed by atoms with E-state index in [1.807, 2.05) is 0 Å². The number of H-pyrrole nitrogens is 1. The van der Waals surface area contributed by atoms with Gasteiger partial charge in [0.15, 0.2) is 5.82 Å². The van der Waals surface area contributed by atoms with Gasteiger partial charge in [0.2, 0.25) is 0 Å². The Kier molecular flexibility index (Phi) is 2.95. The maximum atomic E-state index is 13.3. The lowest BCUT2D eigenvalue weighted by Gasteiger charge is -2.05. The zero-order valence-corrected chi connectivity index (χ0v) is 9.22. The molecule has 0 radical (unpaired) electrons. The van der Waals surface area contributed by atoms with E-state index in [2.05, 4.69) is 15.3 Å². The monoisotopic (exact) mass is 238 g/mol. The van der Waals surface area contributed by atoms with Gasteiger partial charge in [-0.1, -0.05) is 6.07 Å². The number of rotatable bonds is 3. The number of hydrogen-bond acceptors (Lipinski definition) is 3. The van der Waals surface area contributed by atoms with Crippen molar-refractivity contribution in [2.75, 3.05) is 11.1 Å². The van der Waals surface area contributed by atoms with Crippen molar-refractivity contribution in [1.82, 2.24) is 9.97 Å². The maximum Gasteiger partial charge on any atom is 0.169 e. The molecular formula is C11H12F2N4. The van der Waals surface area contributed by atoms with E-state index in [0.29, 0.717) is 23.0 Å². The van der Waals surface area contributed by atoms with Crippen LogP contribution in [0, 0.1) is 18.6 Å². The first-order valence-corrected chi connectivity index (χ1v) is 5.06. The molecule has 90 valence electrons. The normalized spacial score (nSPS) is 10.5. The Morgan fingerprint density at radius 1 is 1.41 bits per heavy atom. The summed E-state index contributed by atoms with van der Waals surface area (Å²) in [6.07, 6.45) is 0. The van der Waals surface area contributed by atoms with Crippen LogP contribution >= 0.6 is 0 Å². The average molecular weight is 238 g/mol. The van der Waals surface area contributed by atoms with Crippen LogP contribution in [0.25, 0.3) is 0 Å². The highest BCUT2D eigenvalue weighted by Crippen LogP contribution is 2.16. The van der Waals surface area contributed by atoms with Crippen LogP contribution < -0.4 is 11.1 Å². The van der Waals surface area contributed by atoms with E-state index in [9.17, 15) is 8.78 Å². The van der Waals surface area contributed by atoms with Crippen molar-refractivity contribution in [2.24, 2.45) is 0 Å². The molecule has 1 aromatic carbocycles. The molecule has 2 rings (SSSR count). The van der Waals surface area contributed by atoms with Gasteiger partial charge in [-0.2, -0.15) is 0 Å². The lowest BCUT2D eigenvalue weighted by molar-refractivity contribution is 0.574. The third-order valence-electron chi connectivity index (χ3n) is 2.31. The second-order valence-electron chi connectivity index (χ2n) is 3.67. The molecule has 6 heteroatoms. The highest BCUT2D eigenvalue weighted by atomic mass is 19.1. The largest absolute Gasteiger partial charge is 0.382 e. The van der Waals surface area contributed by atoms with Crippen LogP contribution in [0.5, 0.6) is 0 Å². The summed E-state index contributed by atoms with van der Waals surface area (Å²) in [5.41, 5.74) is 5.99. The molecule has 1 heterocycles. The molecule has 0 saturated heterocycles. The molecular weight excluding hydrogens is 226 g/mol. The number of nitrogen functional groups attached to an aromatic ring is 1. The smallest absolute Gasteiger partial charge is 0.169 e. The molecule has 0 saturated carbocycles. The fourth-order valence-corrected chi connectivity index (χ4v) is 1.49. The van der Waals surface area contributed by atoms with Gasteiger partial charge >= 0.3 is 0 Å².